The minimum atomic E-state index is -0.458. The molecule has 0 spiro atoms. The van der Waals surface area contributed by atoms with Crippen molar-refractivity contribution in [3.63, 3.8) is 0 Å². The van der Waals surface area contributed by atoms with Crippen molar-refractivity contribution in [1.82, 2.24) is 4.98 Å². The normalized spacial score (nSPS) is 12.2. The van der Waals surface area contributed by atoms with Crippen LogP contribution in [-0.4, -0.2) is 10.1 Å². The first-order valence-electron chi connectivity index (χ1n) is 6.08. The Bertz CT molecular complexity index is 553. The summed E-state index contributed by atoms with van der Waals surface area (Å²) in [6.45, 7) is 4.15. The summed E-state index contributed by atoms with van der Waals surface area (Å²) in [5.74, 6) is 0.814. The second-order valence-corrected chi connectivity index (χ2v) is 5.37. The first-order valence-corrected chi connectivity index (χ1v) is 6.87. The first kappa shape index (κ1) is 14.0. The van der Waals surface area contributed by atoms with E-state index >= 15 is 0 Å². The van der Waals surface area contributed by atoms with Crippen molar-refractivity contribution in [2.24, 2.45) is 0 Å². The maximum atomic E-state index is 9.52. The number of benzene rings is 1. The van der Waals surface area contributed by atoms with Crippen LogP contribution < -0.4 is 4.74 Å². The Morgan fingerprint density at radius 3 is 2.68 bits per heavy atom. The molecule has 100 valence electrons. The highest BCUT2D eigenvalue weighted by atomic mass is 79.9. The highest BCUT2D eigenvalue weighted by Crippen LogP contribution is 2.23. The standard InChI is InChI=1S/C15H16BrNO2/c1-10-7-12(11(2)18)3-6-15(10)19-9-14-5-4-13(16)8-17-14/h3-8,11,18H,9H2,1-2H3/t11-/m0/s1. The molecule has 0 saturated heterocycles. The van der Waals surface area contributed by atoms with Gasteiger partial charge in [0.15, 0.2) is 0 Å². The summed E-state index contributed by atoms with van der Waals surface area (Å²) in [5, 5.41) is 9.52. The van der Waals surface area contributed by atoms with Gasteiger partial charge in [-0.3, -0.25) is 4.98 Å². The second kappa shape index (κ2) is 6.17. The summed E-state index contributed by atoms with van der Waals surface area (Å²) in [4.78, 5) is 4.26. The molecule has 0 aliphatic rings. The molecular weight excluding hydrogens is 306 g/mol. The number of nitrogens with zero attached hydrogens (tertiary/aromatic N) is 1. The largest absolute Gasteiger partial charge is 0.487 e. The summed E-state index contributed by atoms with van der Waals surface area (Å²) in [5.41, 5.74) is 2.78. The van der Waals surface area contributed by atoms with Crippen LogP contribution in [0.25, 0.3) is 0 Å². The van der Waals surface area contributed by atoms with Gasteiger partial charge in [0.25, 0.3) is 0 Å². The van der Waals surface area contributed by atoms with Crippen molar-refractivity contribution in [3.8, 4) is 5.75 Å². The van der Waals surface area contributed by atoms with Gasteiger partial charge in [-0.1, -0.05) is 6.07 Å². The lowest BCUT2D eigenvalue weighted by molar-refractivity contribution is 0.199. The molecule has 1 heterocycles. The smallest absolute Gasteiger partial charge is 0.130 e. The first-order chi connectivity index (χ1) is 9.06. The minimum Gasteiger partial charge on any atom is -0.487 e. The highest BCUT2D eigenvalue weighted by molar-refractivity contribution is 9.10. The Morgan fingerprint density at radius 1 is 1.32 bits per heavy atom. The lowest BCUT2D eigenvalue weighted by atomic mass is 10.1. The molecule has 0 fully saturated rings. The number of hydrogen-bond acceptors (Lipinski definition) is 3. The fourth-order valence-electron chi connectivity index (χ4n) is 1.74. The SMILES string of the molecule is Cc1cc([C@H](C)O)ccc1OCc1ccc(Br)cn1. The molecule has 0 bridgehead atoms. The predicted octanol–water partition coefficient (Wildman–Crippen LogP) is 3.78. The zero-order valence-electron chi connectivity index (χ0n) is 10.9. The van der Waals surface area contributed by atoms with Gasteiger partial charge < -0.3 is 9.84 Å². The van der Waals surface area contributed by atoms with Gasteiger partial charge in [0.1, 0.15) is 12.4 Å². The number of aliphatic hydroxyl groups is 1. The van der Waals surface area contributed by atoms with Crippen LogP contribution in [0.2, 0.25) is 0 Å². The van der Waals surface area contributed by atoms with E-state index in [1.54, 1.807) is 13.1 Å². The molecule has 1 N–H and O–H groups in total. The molecule has 1 atom stereocenters. The van der Waals surface area contributed by atoms with E-state index in [1.807, 2.05) is 37.3 Å². The summed E-state index contributed by atoms with van der Waals surface area (Å²) >= 11 is 3.35. The third-order valence-electron chi connectivity index (χ3n) is 2.85. The Balaban J connectivity index is 2.05. The van der Waals surface area contributed by atoms with Crippen LogP contribution in [0.3, 0.4) is 0 Å². The van der Waals surface area contributed by atoms with E-state index in [4.69, 9.17) is 4.74 Å². The van der Waals surface area contributed by atoms with Crippen molar-refractivity contribution in [3.05, 3.63) is 57.8 Å². The van der Waals surface area contributed by atoms with Crippen molar-refractivity contribution in [2.45, 2.75) is 26.6 Å². The quantitative estimate of drug-likeness (QED) is 0.931. The number of rotatable bonds is 4. The molecular formula is C15H16BrNO2. The van der Waals surface area contributed by atoms with Crippen LogP contribution in [0.15, 0.2) is 41.0 Å². The lowest BCUT2D eigenvalue weighted by Crippen LogP contribution is -2.00. The van der Waals surface area contributed by atoms with Gasteiger partial charge in [-0.05, 0) is 65.2 Å². The van der Waals surface area contributed by atoms with Gasteiger partial charge in [-0.15, -0.1) is 0 Å². The van der Waals surface area contributed by atoms with E-state index in [1.165, 1.54) is 0 Å². The number of aromatic nitrogens is 1. The third kappa shape index (κ3) is 3.78. The number of pyridine rings is 1. The summed E-state index contributed by atoms with van der Waals surface area (Å²) in [7, 11) is 0. The topological polar surface area (TPSA) is 42.4 Å². The Morgan fingerprint density at radius 2 is 2.11 bits per heavy atom. The van der Waals surface area contributed by atoms with E-state index in [0.29, 0.717) is 6.61 Å². The molecule has 0 unspecified atom stereocenters. The van der Waals surface area contributed by atoms with Gasteiger partial charge in [0.05, 0.1) is 11.8 Å². The summed E-state index contributed by atoms with van der Waals surface area (Å²) < 4.78 is 6.69. The maximum absolute atomic E-state index is 9.52. The van der Waals surface area contributed by atoms with Gasteiger partial charge in [-0.25, -0.2) is 0 Å². The van der Waals surface area contributed by atoms with Crippen molar-refractivity contribution in [1.29, 1.82) is 0 Å². The Kier molecular flexibility index (Phi) is 4.56. The Hall–Kier alpha value is -1.39. The average molecular weight is 322 g/mol. The maximum Gasteiger partial charge on any atom is 0.130 e. The summed E-state index contributed by atoms with van der Waals surface area (Å²) in [6.07, 6.45) is 1.29. The number of hydrogen-bond donors (Lipinski definition) is 1. The van der Waals surface area contributed by atoms with Crippen LogP contribution in [0.4, 0.5) is 0 Å². The number of halogens is 1. The van der Waals surface area contributed by atoms with E-state index in [0.717, 1.165) is 27.0 Å². The fraction of sp³-hybridized carbons (Fsp3) is 0.267. The molecule has 0 radical (unpaired) electrons. The molecule has 1 aromatic carbocycles. The molecule has 0 aliphatic heterocycles. The number of aryl methyl sites for hydroxylation is 1. The van der Waals surface area contributed by atoms with Crippen LogP contribution in [-0.2, 0) is 6.61 Å². The lowest BCUT2D eigenvalue weighted by Gasteiger charge is -2.11. The van der Waals surface area contributed by atoms with Crippen molar-refractivity contribution in [2.75, 3.05) is 0 Å². The van der Waals surface area contributed by atoms with E-state index in [9.17, 15) is 5.11 Å². The zero-order valence-corrected chi connectivity index (χ0v) is 12.5. The molecule has 0 aliphatic carbocycles. The number of ether oxygens (including phenoxy) is 1. The van der Waals surface area contributed by atoms with Crippen molar-refractivity contribution >= 4 is 15.9 Å². The molecule has 3 nitrogen and oxygen atoms in total. The van der Waals surface area contributed by atoms with Crippen LogP contribution in [0.1, 0.15) is 29.8 Å². The van der Waals surface area contributed by atoms with E-state index in [-0.39, 0.29) is 0 Å². The third-order valence-corrected chi connectivity index (χ3v) is 3.31. The van der Waals surface area contributed by atoms with Gasteiger partial charge in [0, 0.05) is 10.7 Å². The fourth-order valence-corrected chi connectivity index (χ4v) is 1.97. The van der Waals surface area contributed by atoms with Crippen LogP contribution in [0, 0.1) is 6.92 Å². The molecule has 4 heteroatoms. The Labute approximate surface area is 121 Å². The molecule has 0 saturated carbocycles. The average Bonchev–Trinajstić information content (AvgIpc) is 2.39. The molecule has 2 rings (SSSR count). The van der Waals surface area contributed by atoms with E-state index in [2.05, 4.69) is 20.9 Å². The second-order valence-electron chi connectivity index (χ2n) is 4.46. The highest BCUT2D eigenvalue weighted by Gasteiger charge is 2.05. The zero-order chi connectivity index (χ0) is 13.8. The number of aliphatic hydroxyl groups excluding tert-OH is 1. The molecule has 1 aromatic heterocycles. The van der Waals surface area contributed by atoms with Crippen LogP contribution in [0.5, 0.6) is 5.75 Å². The van der Waals surface area contributed by atoms with Gasteiger partial charge in [0.2, 0.25) is 0 Å². The van der Waals surface area contributed by atoms with E-state index < -0.39 is 6.10 Å². The summed E-state index contributed by atoms with van der Waals surface area (Å²) in [6, 6.07) is 9.56. The monoisotopic (exact) mass is 321 g/mol. The van der Waals surface area contributed by atoms with Gasteiger partial charge in [-0.2, -0.15) is 0 Å². The molecule has 19 heavy (non-hydrogen) atoms. The van der Waals surface area contributed by atoms with Gasteiger partial charge >= 0.3 is 0 Å². The van der Waals surface area contributed by atoms with Crippen molar-refractivity contribution < 1.29 is 9.84 Å². The minimum absolute atomic E-state index is 0.433. The predicted molar refractivity (Wildman–Crippen MR) is 78.1 cm³/mol. The molecule has 2 aromatic rings. The molecule has 0 amide bonds. The van der Waals surface area contributed by atoms with Crippen LogP contribution >= 0.6 is 15.9 Å².